The molecule has 3 aromatic rings. The first-order chi connectivity index (χ1) is 13.0. The van der Waals surface area contributed by atoms with Crippen molar-refractivity contribution in [2.75, 3.05) is 24.9 Å². The Kier molecular flexibility index (Phi) is 5.66. The number of halogens is 1. The Hall–Kier alpha value is -2.99. The average molecular weight is 385 g/mol. The first kappa shape index (κ1) is 18.8. The van der Waals surface area contributed by atoms with E-state index in [2.05, 4.69) is 20.6 Å². The standard InChI is InChI=1S/C20H21ClN4O2/c1-12-9-14(21)5-7-16(12)23-19-10-13(2)22-20(25-19)24-17-8-6-15(26-3)11-18(17)27-4/h5-11H,1-4H3,(H2,22,23,24,25). The van der Waals surface area contributed by atoms with Crippen LogP contribution in [0.3, 0.4) is 0 Å². The second kappa shape index (κ2) is 8.14. The molecule has 27 heavy (non-hydrogen) atoms. The van der Waals surface area contributed by atoms with Crippen LogP contribution in [0.15, 0.2) is 42.5 Å². The third kappa shape index (κ3) is 4.60. The number of aryl methyl sites for hydroxylation is 2. The monoisotopic (exact) mass is 384 g/mol. The van der Waals surface area contributed by atoms with E-state index in [0.717, 1.165) is 22.6 Å². The van der Waals surface area contributed by atoms with Crippen molar-refractivity contribution in [1.82, 2.24) is 9.97 Å². The van der Waals surface area contributed by atoms with Gasteiger partial charge in [0.15, 0.2) is 0 Å². The van der Waals surface area contributed by atoms with Gasteiger partial charge in [-0.1, -0.05) is 11.6 Å². The number of methoxy groups -OCH3 is 2. The maximum Gasteiger partial charge on any atom is 0.229 e. The van der Waals surface area contributed by atoms with E-state index in [-0.39, 0.29) is 0 Å². The topological polar surface area (TPSA) is 68.3 Å². The van der Waals surface area contributed by atoms with Gasteiger partial charge in [0, 0.05) is 28.5 Å². The summed E-state index contributed by atoms with van der Waals surface area (Å²) in [6.07, 6.45) is 0. The van der Waals surface area contributed by atoms with Crippen LogP contribution in [0.4, 0.5) is 23.1 Å². The van der Waals surface area contributed by atoms with Crippen LogP contribution in [-0.2, 0) is 0 Å². The molecule has 0 bridgehead atoms. The lowest BCUT2D eigenvalue weighted by atomic mass is 10.2. The summed E-state index contributed by atoms with van der Waals surface area (Å²) in [5, 5.41) is 7.21. The minimum atomic E-state index is 0.465. The number of rotatable bonds is 6. The molecular formula is C20H21ClN4O2. The third-order valence-electron chi connectivity index (χ3n) is 3.96. The van der Waals surface area contributed by atoms with Crippen LogP contribution in [0.1, 0.15) is 11.3 Å². The fourth-order valence-electron chi connectivity index (χ4n) is 2.62. The summed E-state index contributed by atoms with van der Waals surface area (Å²) in [4.78, 5) is 9.01. The highest BCUT2D eigenvalue weighted by atomic mass is 35.5. The molecule has 6 nitrogen and oxygen atoms in total. The summed E-state index contributed by atoms with van der Waals surface area (Å²) in [6, 6.07) is 13.1. The van der Waals surface area contributed by atoms with E-state index in [1.807, 2.05) is 50.2 Å². The molecule has 2 aromatic carbocycles. The average Bonchev–Trinajstić information content (AvgIpc) is 2.64. The summed E-state index contributed by atoms with van der Waals surface area (Å²) in [5.41, 5.74) is 3.54. The normalized spacial score (nSPS) is 10.4. The van der Waals surface area contributed by atoms with Crippen LogP contribution in [0.25, 0.3) is 0 Å². The van der Waals surface area contributed by atoms with Gasteiger partial charge in [0.2, 0.25) is 5.95 Å². The molecule has 2 N–H and O–H groups in total. The van der Waals surface area contributed by atoms with Gasteiger partial charge in [-0.05, 0) is 49.7 Å². The second-order valence-corrected chi connectivity index (χ2v) is 6.43. The van der Waals surface area contributed by atoms with E-state index in [1.165, 1.54) is 0 Å². The quantitative estimate of drug-likeness (QED) is 0.604. The van der Waals surface area contributed by atoms with Crippen molar-refractivity contribution in [2.24, 2.45) is 0 Å². The minimum Gasteiger partial charge on any atom is -0.497 e. The lowest BCUT2D eigenvalue weighted by Gasteiger charge is -2.14. The number of nitrogens with zero attached hydrogens (tertiary/aromatic N) is 2. The van der Waals surface area contributed by atoms with Crippen LogP contribution < -0.4 is 20.1 Å². The van der Waals surface area contributed by atoms with Crippen molar-refractivity contribution < 1.29 is 9.47 Å². The molecule has 0 radical (unpaired) electrons. The molecule has 1 heterocycles. The Balaban J connectivity index is 1.87. The van der Waals surface area contributed by atoms with Crippen LogP contribution in [-0.4, -0.2) is 24.2 Å². The molecule has 3 rings (SSSR count). The van der Waals surface area contributed by atoms with E-state index in [9.17, 15) is 0 Å². The maximum atomic E-state index is 6.03. The summed E-state index contributed by atoms with van der Waals surface area (Å²) < 4.78 is 10.6. The number of ether oxygens (including phenoxy) is 2. The summed E-state index contributed by atoms with van der Waals surface area (Å²) in [7, 11) is 3.22. The van der Waals surface area contributed by atoms with Gasteiger partial charge in [0.1, 0.15) is 17.3 Å². The SMILES string of the molecule is COc1ccc(Nc2nc(C)cc(Nc3ccc(Cl)cc3C)n2)c(OC)c1. The van der Waals surface area contributed by atoms with E-state index >= 15 is 0 Å². The lowest BCUT2D eigenvalue weighted by molar-refractivity contribution is 0.395. The minimum absolute atomic E-state index is 0.465. The predicted molar refractivity (Wildman–Crippen MR) is 109 cm³/mol. The molecule has 0 aliphatic heterocycles. The van der Waals surface area contributed by atoms with Crippen LogP contribution >= 0.6 is 11.6 Å². The van der Waals surface area contributed by atoms with Gasteiger partial charge >= 0.3 is 0 Å². The molecule has 0 amide bonds. The second-order valence-electron chi connectivity index (χ2n) is 5.99. The Morgan fingerprint density at radius 1 is 0.852 bits per heavy atom. The van der Waals surface area contributed by atoms with E-state index in [4.69, 9.17) is 21.1 Å². The van der Waals surface area contributed by atoms with Crippen molar-refractivity contribution in [3.8, 4) is 11.5 Å². The molecule has 140 valence electrons. The highest BCUT2D eigenvalue weighted by Gasteiger charge is 2.09. The van der Waals surface area contributed by atoms with Gasteiger partial charge in [-0.2, -0.15) is 4.98 Å². The van der Waals surface area contributed by atoms with E-state index in [1.54, 1.807) is 20.3 Å². The van der Waals surface area contributed by atoms with Crippen molar-refractivity contribution in [3.05, 3.63) is 58.7 Å². The zero-order valence-electron chi connectivity index (χ0n) is 15.6. The van der Waals surface area contributed by atoms with Crippen LogP contribution in [0, 0.1) is 13.8 Å². The van der Waals surface area contributed by atoms with Crippen molar-refractivity contribution in [1.29, 1.82) is 0 Å². The van der Waals surface area contributed by atoms with Gasteiger partial charge in [-0.3, -0.25) is 0 Å². The molecule has 7 heteroatoms. The Morgan fingerprint density at radius 2 is 1.63 bits per heavy atom. The highest BCUT2D eigenvalue weighted by molar-refractivity contribution is 6.30. The van der Waals surface area contributed by atoms with Crippen molar-refractivity contribution >= 4 is 34.7 Å². The molecule has 0 atom stereocenters. The zero-order valence-corrected chi connectivity index (χ0v) is 16.4. The first-order valence-corrected chi connectivity index (χ1v) is 8.74. The molecule has 0 aliphatic rings. The van der Waals surface area contributed by atoms with Gasteiger partial charge in [-0.15, -0.1) is 0 Å². The Morgan fingerprint density at radius 3 is 2.33 bits per heavy atom. The summed E-state index contributed by atoms with van der Waals surface area (Å²) in [5.74, 6) is 2.50. The largest absolute Gasteiger partial charge is 0.497 e. The zero-order chi connectivity index (χ0) is 19.4. The smallest absolute Gasteiger partial charge is 0.229 e. The summed E-state index contributed by atoms with van der Waals surface area (Å²) >= 11 is 6.03. The predicted octanol–water partition coefficient (Wildman–Crippen LogP) is 5.25. The lowest BCUT2D eigenvalue weighted by Crippen LogP contribution is -2.04. The van der Waals surface area contributed by atoms with Gasteiger partial charge in [-0.25, -0.2) is 4.98 Å². The number of aromatic nitrogens is 2. The number of hydrogen-bond acceptors (Lipinski definition) is 6. The fraction of sp³-hybridized carbons (Fsp3) is 0.200. The van der Waals surface area contributed by atoms with Crippen molar-refractivity contribution in [2.45, 2.75) is 13.8 Å². The van der Waals surface area contributed by atoms with E-state index in [0.29, 0.717) is 28.3 Å². The molecule has 0 saturated carbocycles. The van der Waals surface area contributed by atoms with Gasteiger partial charge in [0.05, 0.1) is 19.9 Å². The van der Waals surface area contributed by atoms with E-state index < -0.39 is 0 Å². The van der Waals surface area contributed by atoms with Crippen LogP contribution in [0.2, 0.25) is 5.02 Å². The molecule has 0 aliphatic carbocycles. The molecule has 0 fully saturated rings. The maximum absolute atomic E-state index is 6.03. The molecule has 0 spiro atoms. The molecular weight excluding hydrogens is 364 g/mol. The van der Waals surface area contributed by atoms with Crippen LogP contribution in [0.5, 0.6) is 11.5 Å². The van der Waals surface area contributed by atoms with Gasteiger partial charge < -0.3 is 20.1 Å². The third-order valence-corrected chi connectivity index (χ3v) is 4.20. The highest BCUT2D eigenvalue weighted by Crippen LogP contribution is 2.31. The Bertz CT molecular complexity index is 963. The Labute approximate surface area is 163 Å². The van der Waals surface area contributed by atoms with Crippen molar-refractivity contribution in [3.63, 3.8) is 0 Å². The number of benzene rings is 2. The molecule has 0 unspecified atom stereocenters. The summed E-state index contributed by atoms with van der Waals surface area (Å²) in [6.45, 7) is 3.90. The first-order valence-electron chi connectivity index (χ1n) is 8.36. The number of hydrogen-bond donors (Lipinski definition) is 2. The fourth-order valence-corrected chi connectivity index (χ4v) is 2.84. The molecule has 1 aromatic heterocycles. The number of anilines is 4. The number of nitrogens with one attached hydrogen (secondary N) is 2. The van der Waals surface area contributed by atoms with Gasteiger partial charge in [0.25, 0.3) is 0 Å². The molecule has 0 saturated heterocycles.